The van der Waals surface area contributed by atoms with Gasteiger partial charge in [-0.3, -0.25) is 4.98 Å². The Balaban J connectivity index is 1.86. The lowest BCUT2D eigenvalue weighted by atomic mass is 10.1. The molecular weight excluding hydrogens is 244 g/mol. The normalized spacial score (nSPS) is 12.3. The fourth-order valence-corrected chi connectivity index (χ4v) is 2.20. The molecule has 0 fully saturated rings. The molecule has 2 aromatic rings. The van der Waals surface area contributed by atoms with Crippen LogP contribution in [-0.2, 0) is 6.42 Å². The standard InChI is InChI=1S/C15H17ClN2/c1-12(14-7-2-3-8-15(14)16)17-11-9-13-6-4-5-10-18-13/h2-8,10,12,17H,9,11H2,1H3. The molecule has 1 heterocycles. The highest BCUT2D eigenvalue weighted by molar-refractivity contribution is 6.31. The molecule has 1 aromatic carbocycles. The second kappa shape index (κ2) is 6.53. The third-order valence-corrected chi connectivity index (χ3v) is 3.27. The number of aromatic nitrogens is 1. The Morgan fingerprint density at radius 2 is 1.94 bits per heavy atom. The topological polar surface area (TPSA) is 24.9 Å². The van der Waals surface area contributed by atoms with E-state index in [1.54, 1.807) is 0 Å². The van der Waals surface area contributed by atoms with E-state index in [0.717, 1.165) is 29.2 Å². The van der Waals surface area contributed by atoms with E-state index in [9.17, 15) is 0 Å². The predicted molar refractivity (Wildman–Crippen MR) is 75.8 cm³/mol. The van der Waals surface area contributed by atoms with Crippen LogP contribution < -0.4 is 5.32 Å². The van der Waals surface area contributed by atoms with Gasteiger partial charge >= 0.3 is 0 Å². The van der Waals surface area contributed by atoms with E-state index in [4.69, 9.17) is 11.6 Å². The van der Waals surface area contributed by atoms with Crippen LogP contribution in [0.15, 0.2) is 48.7 Å². The molecule has 2 nitrogen and oxygen atoms in total. The van der Waals surface area contributed by atoms with E-state index in [0.29, 0.717) is 0 Å². The molecule has 0 aliphatic carbocycles. The first kappa shape index (κ1) is 13.1. The monoisotopic (exact) mass is 260 g/mol. The second-order valence-corrected chi connectivity index (χ2v) is 4.68. The van der Waals surface area contributed by atoms with Crippen LogP contribution >= 0.6 is 11.6 Å². The summed E-state index contributed by atoms with van der Waals surface area (Å²) in [6, 6.07) is 14.2. The van der Waals surface area contributed by atoms with Gasteiger partial charge in [0.1, 0.15) is 0 Å². The number of benzene rings is 1. The van der Waals surface area contributed by atoms with Crippen molar-refractivity contribution in [1.29, 1.82) is 0 Å². The molecule has 18 heavy (non-hydrogen) atoms. The molecule has 0 spiro atoms. The number of pyridine rings is 1. The molecule has 1 N–H and O–H groups in total. The van der Waals surface area contributed by atoms with Crippen LogP contribution in [0, 0.1) is 0 Å². The van der Waals surface area contributed by atoms with Crippen molar-refractivity contribution in [2.45, 2.75) is 19.4 Å². The molecular formula is C15H17ClN2. The van der Waals surface area contributed by atoms with E-state index in [1.807, 2.05) is 42.6 Å². The Morgan fingerprint density at radius 3 is 2.67 bits per heavy atom. The molecule has 0 aliphatic rings. The lowest BCUT2D eigenvalue weighted by Gasteiger charge is -2.15. The van der Waals surface area contributed by atoms with Gasteiger partial charge in [0, 0.05) is 35.9 Å². The fraction of sp³-hybridized carbons (Fsp3) is 0.267. The minimum absolute atomic E-state index is 0.252. The quantitative estimate of drug-likeness (QED) is 0.888. The molecule has 1 unspecified atom stereocenters. The zero-order valence-corrected chi connectivity index (χ0v) is 11.2. The maximum absolute atomic E-state index is 6.16. The summed E-state index contributed by atoms with van der Waals surface area (Å²) in [6.45, 7) is 3.02. The average molecular weight is 261 g/mol. The Labute approximate surface area is 113 Å². The van der Waals surface area contributed by atoms with Gasteiger partial charge in [0.25, 0.3) is 0 Å². The van der Waals surface area contributed by atoms with Gasteiger partial charge in [-0.25, -0.2) is 0 Å². The number of nitrogens with zero attached hydrogens (tertiary/aromatic N) is 1. The molecule has 1 aromatic heterocycles. The number of hydrogen-bond donors (Lipinski definition) is 1. The van der Waals surface area contributed by atoms with Gasteiger partial charge in [-0.15, -0.1) is 0 Å². The van der Waals surface area contributed by atoms with Crippen LogP contribution in [0.4, 0.5) is 0 Å². The van der Waals surface area contributed by atoms with Crippen molar-refractivity contribution >= 4 is 11.6 Å². The maximum atomic E-state index is 6.16. The molecule has 0 aliphatic heterocycles. The lowest BCUT2D eigenvalue weighted by molar-refractivity contribution is 0.574. The molecule has 1 atom stereocenters. The smallest absolute Gasteiger partial charge is 0.0453 e. The minimum atomic E-state index is 0.252. The Kier molecular flexibility index (Phi) is 4.73. The first-order chi connectivity index (χ1) is 8.77. The maximum Gasteiger partial charge on any atom is 0.0453 e. The Morgan fingerprint density at radius 1 is 1.17 bits per heavy atom. The van der Waals surface area contributed by atoms with Gasteiger partial charge in [0.15, 0.2) is 0 Å². The van der Waals surface area contributed by atoms with Crippen molar-refractivity contribution in [1.82, 2.24) is 10.3 Å². The van der Waals surface area contributed by atoms with Gasteiger partial charge in [0.2, 0.25) is 0 Å². The van der Waals surface area contributed by atoms with Crippen molar-refractivity contribution < 1.29 is 0 Å². The third-order valence-electron chi connectivity index (χ3n) is 2.93. The van der Waals surface area contributed by atoms with Crippen molar-refractivity contribution in [2.24, 2.45) is 0 Å². The summed E-state index contributed by atoms with van der Waals surface area (Å²) < 4.78 is 0. The van der Waals surface area contributed by atoms with Gasteiger partial charge < -0.3 is 5.32 Å². The van der Waals surface area contributed by atoms with Gasteiger partial charge in [-0.1, -0.05) is 35.9 Å². The molecule has 3 heteroatoms. The summed E-state index contributed by atoms with van der Waals surface area (Å²) in [4.78, 5) is 4.30. The van der Waals surface area contributed by atoms with E-state index in [-0.39, 0.29) is 6.04 Å². The van der Waals surface area contributed by atoms with Crippen LogP contribution in [0.25, 0.3) is 0 Å². The first-order valence-electron chi connectivity index (χ1n) is 6.15. The lowest BCUT2D eigenvalue weighted by Crippen LogP contribution is -2.21. The first-order valence-corrected chi connectivity index (χ1v) is 6.53. The highest BCUT2D eigenvalue weighted by Gasteiger charge is 2.07. The molecule has 0 amide bonds. The SMILES string of the molecule is CC(NCCc1ccccn1)c1ccccc1Cl. The molecule has 0 saturated heterocycles. The van der Waals surface area contributed by atoms with Gasteiger partial charge in [-0.2, -0.15) is 0 Å². The molecule has 0 saturated carbocycles. The fourth-order valence-electron chi connectivity index (χ4n) is 1.90. The van der Waals surface area contributed by atoms with Gasteiger partial charge in [-0.05, 0) is 30.7 Å². The van der Waals surface area contributed by atoms with E-state index in [2.05, 4.69) is 23.3 Å². The number of hydrogen-bond acceptors (Lipinski definition) is 2. The average Bonchev–Trinajstić information content (AvgIpc) is 2.40. The summed E-state index contributed by atoms with van der Waals surface area (Å²) >= 11 is 6.16. The molecule has 0 radical (unpaired) electrons. The van der Waals surface area contributed by atoms with Gasteiger partial charge in [0.05, 0.1) is 0 Å². The number of nitrogens with one attached hydrogen (secondary N) is 1. The summed E-state index contributed by atoms with van der Waals surface area (Å²) in [5.74, 6) is 0. The zero-order valence-electron chi connectivity index (χ0n) is 10.4. The summed E-state index contributed by atoms with van der Waals surface area (Å²) in [5, 5.41) is 4.28. The summed E-state index contributed by atoms with van der Waals surface area (Å²) in [6.07, 6.45) is 2.75. The Bertz CT molecular complexity index is 485. The number of halogens is 1. The van der Waals surface area contributed by atoms with Crippen molar-refractivity contribution in [3.8, 4) is 0 Å². The molecule has 2 rings (SSSR count). The van der Waals surface area contributed by atoms with Crippen molar-refractivity contribution in [3.05, 3.63) is 64.9 Å². The van der Waals surface area contributed by atoms with Crippen LogP contribution in [0.2, 0.25) is 5.02 Å². The third kappa shape index (κ3) is 3.56. The zero-order chi connectivity index (χ0) is 12.8. The second-order valence-electron chi connectivity index (χ2n) is 4.27. The van der Waals surface area contributed by atoms with E-state index < -0.39 is 0 Å². The highest BCUT2D eigenvalue weighted by atomic mass is 35.5. The van der Waals surface area contributed by atoms with E-state index in [1.165, 1.54) is 0 Å². The van der Waals surface area contributed by atoms with Crippen LogP contribution in [0.1, 0.15) is 24.2 Å². The number of rotatable bonds is 5. The highest BCUT2D eigenvalue weighted by Crippen LogP contribution is 2.21. The molecule has 0 bridgehead atoms. The minimum Gasteiger partial charge on any atom is -0.310 e. The van der Waals surface area contributed by atoms with Crippen LogP contribution in [0.3, 0.4) is 0 Å². The summed E-state index contributed by atoms with van der Waals surface area (Å²) in [7, 11) is 0. The molecule has 94 valence electrons. The Hall–Kier alpha value is -1.38. The van der Waals surface area contributed by atoms with Crippen molar-refractivity contribution in [2.75, 3.05) is 6.54 Å². The largest absolute Gasteiger partial charge is 0.310 e. The van der Waals surface area contributed by atoms with Crippen molar-refractivity contribution in [3.63, 3.8) is 0 Å². The summed E-state index contributed by atoms with van der Waals surface area (Å²) in [5.41, 5.74) is 2.25. The predicted octanol–water partition coefficient (Wildman–Crippen LogP) is 3.63. The van der Waals surface area contributed by atoms with Crippen LogP contribution in [0.5, 0.6) is 0 Å². The van der Waals surface area contributed by atoms with Crippen LogP contribution in [-0.4, -0.2) is 11.5 Å². The van der Waals surface area contributed by atoms with E-state index >= 15 is 0 Å².